The summed E-state index contributed by atoms with van der Waals surface area (Å²) >= 11 is 0. The molecule has 4 aromatic carbocycles. The van der Waals surface area contributed by atoms with Crippen LogP contribution in [0.15, 0.2) is 100 Å². The Morgan fingerprint density at radius 3 is 2.28 bits per heavy atom. The Hall–Kier alpha value is -5.86. The molecule has 0 bridgehead atoms. The van der Waals surface area contributed by atoms with Crippen LogP contribution in [0.25, 0.3) is 33.7 Å². The number of phenolic OH excluding ortho intramolecular Hbond substituents is 2. The predicted molar refractivity (Wildman–Crippen MR) is 203 cm³/mol. The van der Waals surface area contributed by atoms with E-state index < -0.39 is 11.5 Å². The number of carbonyl (C=O) groups excluding carboxylic acids is 1. The van der Waals surface area contributed by atoms with E-state index in [0.717, 1.165) is 34.6 Å². The quantitative estimate of drug-likeness (QED) is 0.0449. The third-order valence-electron chi connectivity index (χ3n) is 8.86. The van der Waals surface area contributed by atoms with E-state index in [1.54, 1.807) is 29.3 Å². The number of para-hydroxylation sites is 1. The van der Waals surface area contributed by atoms with Gasteiger partial charge in [0.25, 0.3) is 5.91 Å². The molecule has 0 saturated heterocycles. The van der Waals surface area contributed by atoms with E-state index in [-0.39, 0.29) is 28.1 Å². The summed E-state index contributed by atoms with van der Waals surface area (Å²) in [7, 11) is 2.06. The summed E-state index contributed by atoms with van der Waals surface area (Å²) in [6.07, 6.45) is 0. The molecule has 0 atom stereocenters. The fourth-order valence-electron chi connectivity index (χ4n) is 6.12. The fourth-order valence-corrected chi connectivity index (χ4v) is 6.12. The van der Waals surface area contributed by atoms with Gasteiger partial charge in [-0.2, -0.15) is 0 Å². The average Bonchev–Trinajstić information content (AvgIpc) is 3.17. The van der Waals surface area contributed by atoms with E-state index in [1.807, 2.05) is 36.4 Å². The van der Waals surface area contributed by atoms with Crippen LogP contribution in [-0.2, 0) is 20.8 Å². The number of aromatic hydroxyl groups is 2. The second-order valence-corrected chi connectivity index (χ2v) is 12.4. The zero-order valence-corrected chi connectivity index (χ0v) is 29.4. The number of carbonyl (C=O) groups is 1. The standard InChI is InChI=1S/C40H43N5O8/c1-44-25-28-6-2-3-7-29(28)37(36(41)30-8-4-5-9-32(30)44)45(42)17-19-51-21-23-52-22-20-50-18-16-43-40(49)27-12-10-26(11-13-27)35-24-34(47)31-14-15-33(46)38(48)39(31)53-35/h2-15,24,46,48H,16-23,25,41-42H2,1H3,(H,43,49)/b37-36-. The van der Waals surface area contributed by atoms with Crippen LogP contribution in [-0.4, -0.2) is 80.9 Å². The maximum absolute atomic E-state index is 12.6. The van der Waals surface area contributed by atoms with Crippen LogP contribution in [0.2, 0.25) is 0 Å². The van der Waals surface area contributed by atoms with Crippen LogP contribution in [0.3, 0.4) is 0 Å². The predicted octanol–water partition coefficient (Wildman–Crippen LogP) is 4.26. The number of ether oxygens (including phenoxy) is 3. The fraction of sp³-hybridized carbons (Fsp3) is 0.250. The number of hydrogen-bond donors (Lipinski definition) is 5. The van der Waals surface area contributed by atoms with Gasteiger partial charge in [-0.05, 0) is 35.9 Å². The maximum Gasteiger partial charge on any atom is 0.251 e. The van der Waals surface area contributed by atoms with Gasteiger partial charge in [0.1, 0.15) is 5.76 Å². The Morgan fingerprint density at radius 1 is 0.868 bits per heavy atom. The molecule has 0 fully saturated rings. The molecule has 1 aromatic heterocycles. The van der Waals surface area contributed by atoms with Crippen LogP contribution in [0.5, 0.6) is 11.5 Å². The highest BCUT2D eigenvalue weighted by Gasteiger charge is 2.23. The Morgan fingerprint density at radius 2 is 1.53 bits per heavy atom. The minimum atomic E-state index is -0.511. The number of anilines is 1. The molecule has 1 aliphatic rings. The molecular weight excluding hydrogens is 678 g/mol. The van der Waals surface area contributed by atoms with Crippen molar-refractivity contribution in [2.45, 2.75) is 6.54 Å². The first kappa shape index (κ1) is 36.9. The second kappa shape index (κ2) is 17.1. The van der Waals surface area contributed by atoms with E-state index in [4.69, 9.17) is 30.2 Å². The molecule has 1 amide bonds. The van der Waals surface area contributed by atoms with Crippen molar-refractivity contribution < 1.29 is 33.6 Å². The number of amides is 1. The molecule has 0 saturated carbocycles. The summed E-state index contributed by atoms with van der Waals surface area (Å²) in [6, 6.07) is 26.6. The summed E-state index contributed by atoms with van der Waals surface area (Å²) in [5.74, 6) is 5.59. The van der Waals surface area contributed by atoms with Crippen molar-refractivity contribution in [3.8, 4) is 22.8 Å². The zero-order valence-electron chi connectivity index (χ0n) is 29.4. The highest BCUT2D eigenvalue weighted by atomic mass is 16.5. The smallest absolute Gasteiger partial charge is 0.251 e. The van der Waals surface area contributed by atoms with E-state index >= 15 is 0 Å². The van der Waals surface area contributed by atoms with Gasteiger partial charge < -0.3 is 49.8 Å². The van der Waals surface area contributed by atoms with Gasteiger partial charge >= 0.3 is 0 Å². The lowest BCUT2D eigenvalue weighted by Gasteiger charge is -2.32. The third-order valence-corrected chi connectivity index (χ3v) is 8.86. The van der Waals surface area contributed by atoms with Crippen molar-refractivity contribution in [3.63, 3.8) is 0 Å². The van der Waals surface area contributed by atoms with Crippen molar-refractivity contribution in [1.29, 1.82) is 0 Å². The highest BCUT2D eigenvalue weighted by molar-refractivity contribution is 5.95. The van der Waals surface area contributed by atoms with Crippen LogP contribution in [0.1, 0.15) is 27.0 Å². The molecular formula is C40H43N5O8. The van der Waals surface area contributed by atoms with E-state index in [2.05, 4.69) is 29.4 Å². The first-order valence-electron chi connectivity index (χ1n) is 17.2. The lowest BCUT2D eigenvalue weighted by Crippen LogP contribution is -2.36. The maximum atomic E-state index is 12.6. The van der Waals surface area contributed by atoms with Crippen molar-refractivity contribution in [2.24, 2.45) is 11.6 Å². The Bertz CT molecular complexity index is 2150. The van der Waals surface area contributed by atoms with E-state index in [1.165, 1.54) is 18.2 Å². The van der Waals surface area contributed by atoms with E-state index in [9.17, 15) is 19.8 Å². The summed E-state index contributed by atoms with van der Waals surface area (Å²) in [4.78, 5) is 27.3. The average molecular weight is 722 g/mol. The summed E-state index contributed by atoms with van der Waals surface area (Å²) in [6.45, 7) is 3.65. The molecule has 7 N–H and O–H groups in total. The highest BCUT2D eigenvalue weighted by Crippen LogP contribution is 2.36. The first-order chi connectivity index (χ1) is 25.7. The zero-order chi connectivity index (χ0) is 37.3. The van der Waals surface area contributed by atoms with Crippen molar-refractivity contribution in [2.75, 3.05) is 64.7 Å². The molecule has 6 rings (SSSR count). The number of hydrazine groups is 1. The molecule has 0 radical (unpaired) electrons. The molecule has 0 spiro atoms. The molecule has 13 heteroatoms. The summed E-state index contributed by atoms with van der Waals surface area (Å²) in [5, 5.41) is 24.5. The van der Waals surface area contributed by atoms with Crippen LogP contribution >= 0.6 is 0 Å². The Balaban J connectivity index is 0.870. The molecule has 13 nitrogen and oxygen atoms in total. The van der Waals surface area contributed by atoms with Gasteiger partial charge in [0.05, 0.1) is 63.0 Å². The number of benzene rings is 4. The number of phenols is 2. The molecule has 53 heavy (non-hydrogen) atoms. The number of nitrogens with two attached hydrogens (primary N) is 2. The van der Waals surface area contributed by atoms with Crippen molar-refractivity contribution in [3.05, 3.63) is 123 Å². The lowest BCUT2D eigenvalue weighted by molar-refractivity contribution is 0.0131. The van der Waals surface area contributed by atoms with E-state index in [0.29, 0.717) is 69.6 Å². The Labute approximate surface area is 306 Å². The van der Waals surface area contributed by atoms with Gasteiger partial charge in [-0.3, -0.25) is 9.59 Å². The van der Waals surface area contributed by atoms with Gasteiger partial charge in [0.15, 0.2) is 16.8 Å². The Kier molecular flexibility index (Phi) is 11.9. The molecule has 5 aromatic rings. The lowest BCUT2D eigenvalue weighted by atomic mass is 9.96. The van der Waals surface area contributed by atoms with Crippen LogP contribution < -0.4 is 27.2 Å². The van der Waals surface area contributed by atoms with Crippen LogP contribution in [0, 0.1) is 0 Å². The van der Waals surface area contributed by atoms with Gasteiger partial charge in [0, 0.05) is 54.1 Å². The van der Waals surface area contributed by atoms with Crippen molar-refractivity contribution in [1.82, 2.24) is 10.3 Å². The molecule has 0 unspecified atom stereocenters. The monoisotopic (exact) mass is 721 g/mol. The largest absolute Gasteiger partial charge is 0.504 e. The first-order valence-corrected chi connectivity index (χ1v) is 17.2. The van der Waals surface area contributed by atoms with Gasteiger partial charge in [-0.25, -0.2) is 5.84 Å². The van der Waals surface area contributed by atoms with Gasteiger partial charge in [0.2, 0.25) is 5.75 Å². The summed E-state index contributed by atoms with van der Waals surface area (Å²) in [5.41, 5.74) is 12.7. The minimum Gasteiger partial charge on any atom is -0.504 e. The van der Waals surface area contributed by atoms with Crippen LogP contribution in [0.4, 0.5) is 5.69 Å². The molecule has 2 heterocycles. The van der Waals surface area contributed by atoms with Crippen molar-refractivity contribution >= 4 is 34.0 Å². The topological polar surface area (TPSA) is 186 Å². The molecule has 1 aliphatic heterocycles. The molecule has 276 valence electrons. The normalized spacial score (nSPS) is 14.0. The number of nitrogens with one attached hydrogen (secondary N) is 1. The minimum absolute atomic E-state index is 0.111. The number of hydrogen-bond acceptors (Lipinski definition) is 12. The SMILES string of the molecule is CN1Cc2ccccc2/C(N(N)CCOCCOCCOCCNC(=O)c2ccc(-c3cc(=O)c4ccc(O)c(O)c4o3)cc2)=C(/N)c2ccccc21. The third kappa shape index (κ3) is 8.62. The van der Waals surface area contributed by atoms with Gasteiger partial charge in [-0.15, -0.1) is 0 Å². The summed E-state index contributed by atoms with van der Waals surface area (Å²) < 4.78 is 22.7. The number of fused-ring (bicyclic) bond motifs is 3. The number of nitrogens with zero attached hydrogens (tertiary/aromatic N) is 2. The molecule has 0 aliphatic carbocycles. The number of rotatable bonds is 15. The second-order valence-electron chi connectivity index (χ2n) is 12.4. The van der Waals surface area contributed by atoms with Gasteiger partial charge in [-0.1, -0.05) is 54.6 Å².